The first kappa shape index (κ1) is 29.6. The van der Waals surface area contributed by atoms with Gasteiger partial charge in [-0.2, -0.15) is 0 Å². The minimum atomic E-state index is -1.66. The maximum Gasteiger partial charge on any atom is 0.323 e. The van der Waals surface area contributed by atoms with Crippen molar-refractivity contribution in [3.05, 3.63) is 35.9 Å². The molecule has 0 saturated heterocycles. The highest BCUT2D eigenvalue weighted by Gasteiger charge is 2.51. The van der Waals surface area contributed by atoms with Crippen LogP contribution in [0, 0.1) is 10.8 Å². The third kappa shape index (κ3) is 9.43. The lowest BCUT2D eigenvalue weighted by molar-refractivity contribution is -0.870. The predicted octanol–water partition coefficient (Wildman–Crippen LogP) is 2.90. The Bertz CT molecular complexity index is 805. The van der Waals surface area contributed by atoms with Gasteiger partial charge in [-0.15, -0.1) is 0 Å². The molecule has 0 bridgehead atoms. The van der Waals surface area contributed by atoms with E-state index in [1.54, 1.807) is 6.92 Å². The summed E-state index contributed by atoms with van der Waals surface area (Å²) in [5.74, 6) is -1.86. The molecule has 2 atom stereocenters. The number of carbonyl (C=O) groups is 3. The molecule has 34 heavy (non-hydrogen) atoms. The van der Waals surface area contributed by atoms with Gasteiger partial charge in [-0.3, -0.25) is 14.4 Å². The molecule has 0 N–H and O–H groups in total. The number of hydrogen-bond donors (Lipinski definition) is 0. The van der Waals surface area contributed by atoms with Gasteiger partial charge in [-0.1, -0.05) is 37.3 Å². The molecule has 0 saturated carbocycles. The number of nitrogens with zero attached hydrogens (tertiary/aromatic N) is 2. The Labute approximate surface area is 204 Å². The number of hydrogen-bond acceptors (Lipinski definition) is 7. The number of carbonyl (C=O) groups excluding carboxylic acids is 3. The molecule has 0 spiro atoms. The highest BCUT2D eigenvalue weighted by Crippen LogP contribution is 2.40. The van der Waals surface area contributed by atoms with Crippen LogP contribution in [0.2, 0.25) is 0 Å². The molecule has 0 aliphatic heterocycles. The van der Waals surface area contributed by atoms with Gasteiger partial charge in [0.1, 0.15) is 26.4 Å². The zero-order valence-corrected chi connectivity index (χ0v) is 22.2. The van der Waals surface area contributed by atoms with E-state index in [2.05, 4.69) is 0 Å². The van der Waals surface area contributed by atoms with E-state index in [0.29, 0.717) is 24.0 Å². The minimum absolute atomic E-state index is 0.0248. The maximum absolute atomic E-state index is 13.3. The number of quaternary nitrogens is 1. The van der Waals surface area contributed by atoms with Crippen LogP contribution < -0.4 is 0 Å². The average molecular weight is 480 g/mol. The van der Waals surface area contributed by atoms with Gasteiger partial charge < -0.3 is 23.6 Å². The Morgan fingerprint density at radius 3 is 1.97 bits per heavy atom. The van der Waals surface area contributed by atoms with E-state index in [9.17, 15) is 14.4 Å². The zero-order chi connectivity index (χ0) is 26.0. The first-order valence-electron chi connectivity index (χ1n) is 11.7. The summed E-state index contributed by atoms with van der Waals surface area (Å²) in [7, 11) is 9.76. The Kier molecular flexibility index (Phi) is 11.2. The van der Waals surface area contributed by atoms with Crippen molar-refractivity contribution >= 4 is 17.9 Å². The number of ether oxygens (including phenoxy) is 3. The molecule has 0 amide bonds. The third-order valence-corrected chi connectivity index (χ3v) is 5.90. The molecule has 0 aliphatic rings. The summed E-state index contributed by atoms with van der Waals surface area (Å²) in [4.78, 5) is 41.3. The summed E-state index contributed by atoms with van der Waals surface area (Å²) in [6, 6.07) is 9.23. The van der Waals surface area contributed by atoms with Gasteiger partial charge in [0.2, 0.25) is 0 Å². The van der Waals surface area contributed by atoms with Gasteiger partial charge in [0.15, 0.2) is 5.41 Å². The van der Waals surface area contributed by atoms with Gasteiger partial charge in [0.25, 0.3) is 0 Å². The van der Waals surface area contributed by atoms with E-state index < -0.39 is 28.7 Å². The highest BCUT2D eigenvalue weighted by molar-refractivity contribution is 6.00. The standard InChI is InChI=1S/C26H43N2O6/c1-9-25(2,22(29)33-18-16-28(6,7)8)20-26(3,23(30)32-17-15-27(4)5)24(31)34-19-21-13-11-10-12-14-21/h10-14H,9,15-20H2,1-8H3/q+1. The molecule has 2 unspecified atom stereocenters. The molecule has 8 nitrogen and oxygen atoms in total. The lowest BCUT2D eigenvalue weighted by Gasteiger charge is -2.34. The highest BCUT2D eigenvalue weighted by atomic mass is 16.6. The second kappa shape index (κ2) is 12.9. The first-order chi connectivity index (χ1) is 15.7. The summed E-state index contributed by atoms with van der Waals surface area (Å²) >= 11 is 0. The van der Waals surface area contributed by atoms with Gasteiger partial charge in [-0.05, 0) is 46.3 Å². The molecular weight excluding hydrogens is 436 g/mol. The Morgan fingerprint density at radius 1 is 0.882 bits per heavy atom. The van der Waals surface area contributed by atoms with Crippen LogP contribution in [0.4, 0.5) is 0 Å². The summed E-state index contributed by atoms with van der Waals surface area (Å²) in [5.41, 5.74) is -1.92. The van der Waals surface area contributed by atoms with Crippen LogP contribution in [-0.4, -0.2) is 88.8 Å². The molecule has 0 aliphatic carbocycles. The van der Waals surface area contributed by atoms with Crippen molar-refractivity contribution in [1.82, 2.24) is 4.90 Å². The summed E-state index contributed by atoms with van der Waals surface area (Å²) in [5, 5.41) is 0. The Balaban J connectivity index is 3.06. The van der Waals surface area contributed by atoms with Crippen molar-refractivity contribution in [2.24, 2.45) is 10.8 Å². The Hall–Kier alpha value is -2.45. The van der Waals surface area contributed by atoms with Crippen LogP contribution in [0.25, 0.3) is 0 Å². The topological polar surface area (TPSA) is 82.1 Å². The molecule has 0 fully saturated rings. The summed E-state index contributed by atoms with van der Waals surface area (Å²) < 4.78 is 17.2. The molecule has 1 rings (SSSR count). The van der Waals surface area contributed by atoms with Crippen molar-refractivity contribution in [3.63, 3.8) is 0 Å². The molecule has 192 valence electrons. The van der Waals surface area contributed by atoms with Crippen LogP contribution in [0.5, 0.6) is 0 Å². The average Bonchev–Trinajstić information content (AvgIpc) is 2.76. The van der Waals surface area contributed by atoms with Crippen LogP contribution in [0.15, 0.2) is 30.3 Å². The van der Waals surface area contributed by atoms with E-state index in [1.807, 2.05) is 77.4 Å². The molecular formula is C26H43N2O6+. The van der Waals surface area contributed by atoms with Crippen LogP contribution in [0.3, 0.4) is 0 Å². The Morgan fingerprint density at radius 2 is 1.44 bits per heavy atom. The summed E-state index contributed by atoms with van der Waals surface area (Å²) in [6.07, 6.45) is 0.316. The largest absolute Gasteiger partial charge is 0.463 e. The minimum Gasteiger partial charge on any atom is -0.463 e. The SMILES string of the molecule is CCC(C)(CC(C)(C(=O)OCCN(C)C)C(=O)OCc1ccccc1)C(=O)OCC[N+](C)(C)C. The quantitative estimate of drug-likeness (QED) is 0.176. The lowest BCUT2D eigenvalue weighted by Crippen LogP contribution is -2.46. The van der Waals surface area contributed by atoms with Crippen molar-refractivity contribution in [1.29, 1.82) is 0 Å². The first-order valence-corrected chi connectivity index (χ1v) is 11.7. The normalized spacial score (nSPS) is 15.2. The van der Waals surface area contributed by atoms with Crippen LogP contribution in [-0.2, 0) is 35.2 Å². The molecule has 1 aromatic carbocycles. The predicted molar refractivity (Wildman–Crippen MR) is 131 cm³/mol. The van der Waals surface area contributed by atoms with E-state index in [0.717, 1.165) is 5.56 Å². The van der Waals surface area contributed by atoms with Gasteiger partial charge in [0.05, 0.1) is 26.6 Å². The summed E-state index contributed by atoms with van der Waals surface area (Å²) in [6.45, 7) is 6.62. The maximum atomic E-state index is 13.3. The number of rotatable bonds is 14. The van der Waals surface area contributed by atoms with Gasteiger partial charge >= 0.3 is 17.9 Å². The van der Waals surface area contributed by atoms with E-state index in [-0.39, 0.29) is 26.2 Å². The van der Waals surface area contributed by atoms with Gasteiger partial charge in [-0.25, -0.2) is 0 Å². The van der Waals surface area contributed by atoms with Crippen LogP contribution >= 0.6 is 0 Å². The van der Waals surface area contributed by atoms with Crippen molar-refractivity contribution in [2.75, 3.05) is 61.5 Å². The van der Waals surface area contributed by atoms with Crippen molar-refractivity contribution in [2.45, 2.75) is 40.2 Å². The fourth-order valence-electron chi connectivity index (χ4n) is 3.30. The second-order valence-electron chi connectivity index (χ2n) is 10.6. The number of likely N-dealkylation sites (N-methyl/N-ethyl adjacent to an activating group) is 2. The van der Waals surface area contributed by atoms with E-state index >= 15 is 0 Å². The molecule has 1 aromatic rings. The molecule has 8 heteroatoms. The van der Waals surface area contributed by atoms with Gasteiger partial charge in [0, 0.05) is 6.54 Å². The number of esters is 3. The number of benzene rings is 1. The molecule has 0 aromatic heterocycles. The fourth-order valence-corrected chi connectivity index (χ4v) is 3.30. The van der Waals surface area contributed by atoms with Crippen molar-refractivity contribution < 1.29 is 33.1 Å². The fraction of sp³-hybridized carbons (Fsp3) is 0.654. The smallest absolute Gasteiger partial charge is 0.323 e. The monoisotopic (exact) mass is 479 g/mol. The van der Waals surface area contributed by atoms with Crippen LogP contribution in [0.1, 0.15) is 39.2 Å². The van der Waals surface area contributed by atoms with E-state index in [1.165, 1.54) is 6.92 Å². The van der Waals surface area contributed by atoms with Crippen molar-refractivity contribution in [3.8, 4) is 0 Å². The van der Waals surface area contributed by atoms with E-state index in [4.69, 9.17) is 14.2 Å². The second-order valence-corrected chi connectivity index (χ2v) is 10.6. The molecule has 0 heterocycles. The lowest BCUT2D eigenvalue weighted by atomic mass is 9.71. The zero-order valence-electron chi connectivity index (χ0n) is 22.2. The molecule has 0 radical (unpaired) electrons. The third-order valence-electron chi connectivity index (χ3n) is 5.90.